The van der Waals surface area contributed by atoms with Crippen LogP contribution in [0.2, 0.25) is 0 Å². The van der Waals surface area contributed by atoms with Crippen LogP contribution in [0.1, 0.15) is 52.1 Å². The van der Waals surface area contributed by atoms with Gasteiger partial charge in [-0.2, -0.15) is 5.10 Å². The maximum absolute atomic E-state index is 12.5. The van der Waals surface area contributed by atoms with Crippen molar-refractivity contribution in [3.63, 3.8) is 0 Å². The van der Waals surface area contributed by atoms with Crippen LogP contribution in [0, 0.1) is 5.92 Å². The van der Waals surface area contributed by atoms with Crippen molar-refractivity contribution in [2.24, 2.45) is 5.92 Å². The van der Waals surface area contributed by atoms with Gasteiger partial charge in [-0.3, -0.25) is 14.7 Å². The number of carbonyl (C=O) groups excluding carboxylic acids is 2. The number of carbonyl (C=O) groups is 2. The van der Waals surface area contributed by atoms with Gasteiger partial charge in [-0.15, -0.1) is 0 Å². The fraction of sp³-hybridized carbons (Fsp3) is 0.667. The largest absolute Gasteiger partial charge is 0.330 e. The van der Waals surface area contributed by atoms with E-state index in [1.54, 1.807) is 4.90 Å². The van der Waals surface area contributed by atoms with Crippen LogP contribution in [0.25, 0.3) is 0 Å². The molecule has 1 saturated heterocycles. The molecule has 1 aromatic heterocycles. The van der Waals surface area contributed by atoms with Crippen LogP contribution in [0.5, 0.6) is 0 Å². The Hall–Kier alpha value is -1.85. The molecule has 1 aromatic rings. The van der Waals surface area contributed by atoms with Crippen LogP contribution in [0.3, 0.4) is 0 Å². The van der Waals surface area contributed by atoms with E-state index in [0.717, 1.165) is 12.1 Å². The summed E-state index contributed by atoms with van der Waals surface area (Å²) in [6.45, 7) is 8.69. The zero-order valence-electron chi connectivity index (χ0n) is 13.1. The second-order valence-corrected chi connectivity index (χ2v) is 6.23. The second kappa shape index (κ2) is 6.28. The van der Waals surface area contributed by atoms with Crippen molar-refractivity contribution < 1.29 is 9.59 Å². The molecule has 0 aromatic carbocycles. The molecule has 2 heterocycles. The van der Waals surface area contributed by atoms with Crippen LogP contribution in [-0.4, -0.2) is 39.5 Å². The number of amides is 2. The molecular weight excluding hydrogens is 268 g/mol. The number of nitrogens with one attached hydrogen (secondary N) is 2. The lowest BCUT2D eigenvalue weighted by molar-refractivity contribution is -0.136. The van der Waals surface area contributed by atoms with Gasteiger partial charge >= 0.3 is 0 Å². The van der Waals surface area contributed by atoms with Crippen LogP contribution in [0.4, 0.5) is 5.82 Å². The highest BCUT2D eigenvalue weighted by molar-refractivity contribution is 5.97. The summed E-state index contributed by atoms with van der Waals surface area (Å²) in [6.07, 6.45) is 1.37. The SMILES string of the molecule is CC(C)c1cc(NC(=O)C(C(C)C)N2CCCC2=O)n[nH]1. The number of aromatic nitrogens is 2. The molecule has 1 atom stereocenters. The maximum Gasteiger partial charge on any atom is 0.248 e. The highest BCUT2D eigenvalue weighted by atomic mass is 16.2. The summed E-state index contributed by atoms with van der Waals surface area (Å²) in [7, 11) is 0. The van der Waals surface area contributed by atoms with E-state index in [4.69, 9.17) is 0 Å². The smallest absolute Gasteiger partial charge is 0.248 e. The van der Waals surface area contributed by atoms with Crippen molar-refractivity contribution >= 4 is 17.6 Å². The Balaban J connectivity index is 2.09. The summed E-state index contributed by atoms with van der Waals surface area (Å²) in [4.78, 5) is 26.1. The summed E-state index contributed by atoms with van der Waals surface area (Å²) in [5.74, 6) is 0.802. The van der Waals surface area contributed by atoms with E-state index in [1.807, 2.05) is 19.9 Å². The van der Waals surface area contributed by atoms with E-state index in [-0.39, 0.29) is 17.7 Å². The van der Waals surface area contributed by atoms with Crippen LogP contribution < -0.4 is 5.32 Å². The molecule has 2 amide bonds. The van der Waals surface area contributed by atoms with E-state index < -0.39 is 6.04 Å². The standard InChI is InChI=1S/C15H24N4O2/c1-9(2)11-8-12(18-17-11)16-15(21)14(10(3)4)19-7-5-6-13(19)20/h8-10,14H,5-7H2,1-4H3,(H2,16,17,18,21). The zero-order chi connectivity index (χ0) is 15.6. The predicted octanol–water partition coefficient (Wildman–Crippen LogP) is 2.12. The number of rotatable bonds is 5. The van der Waals surface area contributed by atoms with Gasteiger partial charge in [0.25, 0.3) is 0 Å². The highest BCUT2D eigenvalue weighted by Crippen LogP contribution is 2.21. The van der Waals surface area contributed by atoms with Crippen molar-refractivity contribution in [2.45, 2.75) is 52.5 Å². The first-order chi connectivity index (χ1) is 9.90. The quantitative estimate of drug-likeness (QED) is 0.872. The fourth-order valence-electron chi connectivity index (χ4n) is 2.66. The average Bonchev–Trinajstić information content (AvgIpc) is 2.99. The number of aromatic amines is 1. The van der Waals surface area contributed by atoms with Gasteiger partial charge in [0.15, 0.2) is 5.82 Å². The molecule has 0 aliphatic carbocycles. The van der Waals surface area contributed by atoms with Gasteiger partial charge in [-0.1, -0.05) is 27.7 Å². The lowest BCUT2D eigenvalue weighted by Gasteiger charge is -2.29. The Bertz CT molecular complexity index is 521. The van der Waals surface area contributed by atoms with Crippen molar-refractivity contribution in [2.75, 3.05) is 11.9 Å². The third-order valence-corrected chi connectivity index (χ3v) is 3.82. The third kappa shape index (κ3) is 3.43. The number of hydrogen-bond acceptors (Lipinski definition) is 3. The number of nitrogens with zero attached hydrogens (tertiary/aromatic N) is 2. The van der Waals surface area contributed by atoms with Crippen LogP contribution >= 0.6 is 0 Å². The molecule has 0 saturated carbocycles. The van der Waals surface area contributed by atoms with Gasteiger partial charge in [-0.05, 0) is 18.3 Å². The summed E-state index contributed by atoms with van der Waals surface area (Å²) in [6, 6.07) is 1.41. The Kier molecular flexibility index (Phi) is 4.65. The first kappa shape index (κ1) is 15.5. The van der Waals surface area contributed by atoms with Gasteiger partial charge in [-0.25, -0.2) is 0 Å². The Morgan fingerprint density at radius 2 is 2.10 bits per heavy atom. The van der Waals surface area contributed by atoms with Gasteiger partial charge in [0.05, 0.1) is 0 Å². The van der Waals surface area contributed by atoms with E-state index in [0.29, 0.717) is 24.7 Å². The van der Waals surface area contributed by atoms with Crippen molar-refractivity contribution in [1.82, 2.24) is 15.1 Å². The third-order valence-electron chi connectivity index (χ3n) is 3.82. The minimum atomic E-state index is -0.431. The summed E-state index contributed by atoms with van der Waals surface area (Å²) < 4.78 is 0. The molecule has 2 N–H and O–H groups in total. The Morgan fingerprint density at radius 1 is 1.38 bits per heavy atom. The van der Waals surface area contributed by atoms with Gasteiger partial charge in [0.2, 0.25) is 11.8 Å². The zero-order valence-corrected chi connectivity index (χ0v) is 13.1. The van der Waals surface area contributed by atoms with Gasteiger partial charge in [0, 0.05) is 24.7 Å². The Morgan fingerprint density at radius 3 is 2.57 bits per heavy atom. The van der Waals surface area contributed by atoms with Crippen molar-refractivity contribution in [1.29, 1.82) is 0 Å². The molecule has 1 aliphatic rings. The molecule has 6 nitrogen and oxygen atoms in total. The molecule has 0 bridgehead atoms. The molecule has 1 unspecified atom stereocenters. The molecule has 1 aliphatic heterocycles. The van der Waals surface area contributed by atoms with E-state index in [2.05, 4.69) is 29.4 Å². The number of likely N-dealkylation sites (tertiary alicyclic amines) is 1. The summed E-state index contributed by atoms with van der Waals surface area (Å²) in [5.41, 5.74) is 0.976. The monoisotopic (exact) mass is 292 g/mol. The maximum atomic E-state index is 12.5. The van der Waals surface area contributed by atoms with Gasteiger partial charge < -0.3 is 10.2 Å². The van der Waals surface area contributed by atoms with Gasteiger partial charge in [0.1, 0.15) is 6.04 Å². The Labute approximate surface area is 125 Å². The molecule has 0 radical (unpaired) electrons. The summed E-state index contributed by atoms with van der Waals surface area (Å²) >= 11 is 0. The fourth-order valence-corrected chi connectivity index (χ4v) is 2.66. The molecule has 21 heavy (non-hydrogen) atoms. The number of anilines is 1. The lowest BCUT2D eigenvalue weighted by atomic mass is 10.0. The lowest BCUT2D eigenvalue weighted by Crippen LogP contribution is -2.48. The molecule has 6 heteroatoms. The van der Waals surface area contributed by atoms with E-state index in [1.165, 1.54) is 0 Å². The molecule has 116 valence electrons. The topological polar surface area (TPSA) is 78.1 Å². The minimum absolute atomic E-state index is 0.0637. The van der Waals surface area contributed by atoms with Crippen molar-refractivity contribution in [3.05, 3.63) is 11.8 Å². The van der Waals surface area contributed by atoms with Crippen LogP contribution in [-0.2, 0) is 9.59 Å². The number of hydrogen-bond donors (Lipinski definition) is 2. The molecule has 1 fully saturated rings. The van der Waals surface area contributed by atoms with Crippen LogP contribution in [0.15, 0.2) is 6.07 Å². The number of H-pyrrole nitrogens is 1. The second-order valence-electron chi connectivity index (χ2n) is 6.23. The highest BCUT2D eigenvalue weighted by Gasteiger charge is 2.35. The first-order valence-electron chi connectivity index (χ1n) is 7.55. The molecular formula is C15H24N4O2. The van der Waals surface area contributed by atoms with E-state index >= 15 is 0 Å². The first-order valence-corrected chi connectivity index (χ1v) is 7.55. The molecule has 2 rings (SSSR count). The van der Waals surface area contributed by atoms with E-state index in [9.17, 15) is 9.59 Å². The summed E-state index contributed by atoms with van der Waals surface area (Å²) in [5, 5.41) is 9.84. The van der Waals surface area contributed by atoms with Crippen molar-refractivity contribution in [3.8, 4) is 0 Å². The minimum Gasteiger partial charge on any atom is -0.330 e. The predicted molar refractivity (Wildman–Crippen MR) is 80.9 cm³/mol. The molecule has 0 spiro atoms. The average molecular weight is 292 g/mol. The normalized spacial score (nSPS) is 16.9.